The predicted molar refractivity (Wildman–Crippen MR) is 87.6 cm³/mol. The van der Waals surface area contributed by atoms with E-state index in [4.69, 9.17) is 5.73 Å². The molecule has 3 rings (SSSR count). The van der Waals surface area contributed by atoms with Gasteiger partial charge in [-0.15, -0.1) is 0 Å². The number of nitrogen functional groups attached to an aromatic ring is 1. The highest BCUT2D eigenvalue weighted by molar-refractivity contribution is 9.10. The van der Waals surface area contributed by atoms with Crippen LogP contribution in [0.25, 0.3) is 22.4 Å². The normalized spacial score (nSPS) is 11.5. The van der Waals surface area contributed by atoms with Crippen LogP contribution in [0.15, 0.2) is 40.9 Å². The number of nitrogens with two attached hydrogens (primary N) is 1. The summed E-state index contributed by atoms with van der Waals surface area (Å²) in [4.78, 5) is 4.60. The van der Waals surface area contributed by atoms with E-state index in [0.29, 0.717) is 17.1 Å². The number of benzene rings is 2. The minimum absolute atomic E-state index is 0.144. The molecule has 21 heavy (non-hydrogen) atoms. The minimum Gasteiger partial charge on any atom is -0.398 e. The molecule has 2 aromatic carbocycles. The fourth-order valence-corrected chi connectivity index (χ4v) is 2.90. The first-order valence-corrected chi connectivity index (χ1v) is 7.50. The lowest BCUT2D eigenvalue weighted by Crippen LogP contribution is -2.05. The van der Waals surface area contributed by atoms with Gasteiger partial charge in [0.15, 0.2) is 0 Å². The van der Waals surface area contributed by atoms with E-state index in [1.165, 1.54) is 6.07 Å². The summed E-state index contributed by atoms with van der Waals surface area (Å²) in [5.74, 6) is 0.208. The van der Waals surface area contributed by atoms with E-state index in [2.05, 4.69) is 20.9 Å². The molecule has 0 aliphatic rings. The van der Waals surface area contributed by atoms with Crippen molar-refractivity contribution in [2.24, 2.45) is 0 Å². The van der Waals surface area contributed by atoms with Crippen molar-refractivity contribution < 1.29 is 4.39 Å². The van der Waals surface area contributed by atoms with Crippen molar-refractivity contribution in [1.29, 1.82) is 0 Å². The molecule has 0 unspecified atom stereocenters. The van der Waals surface area contributed by atoms with Crippen molar-refractivity contribution in [2.75, 3.05) is 5.73 Å². The Kier molecular flexibility index (Phi) is 3.45. The van der Waals surface area contributed by atoms with Gasteiger partial charge in [0.25, 0.3) is 0 Å². The molecule has 0 radical (unpaired) electrons. The number of aromatic nitrogens is 2. The highest BCUT2D eigenvalue weighted by Crippen LogP contribution is 2.34. The molecule has 0 fully saturated rings. The smallest absolute Gasteiger partial charge is 0.146 e. The summed E-state index contributed by atoms with van der Waals surface area (Å²) in [6.07, 6.45) is 0. The lowest BCUT2D eigenvalue weighted by molar-refractivity contribution is 0.608. The first-order chi connectivity index (χ1) is 9.99. The molecule has 0 atom stereocenters. The van der Waals surface area contributed by atoms with Gasteiger partial charge in [0.05, 0.1) is 16.6 Å². The first-order valence-electron chi connectivity index (χ1n) is 6.71. The van der Waals surface area contributed by atoms with Crippen molar-refractivity contribution in [1.82, 2.24) is 9.55 Å². The summed E-state index contributed by atoms with van der Waals surface area (Å²) >= 11 is 3.44. The van der Waals surface area contributed by atoms with Crippen LogP contribution in [0.5, 0.6) is 0 Å². The van der Waals surface area contributed by atoms with Gasteiger partial charge in [0.1, 0.15) is 11.6 Å². The number of imidazole rings is 1. The Morgan fingerprint density at radius 3 is 2.67 bits per heavy atom. The van der Waals surface area contributed by atoms with Crippen LogP contribution >= 0.6 is 15.9 Å². The summed E-state index contributed by atoms with van der Waals surface area (Å²) in [5.41, 5.74) is 8.51. The Labute approximate surface area is 130 Å². The third kappa shape index (κ3) is 2.31. The number of hydrogen-bond donors (Lipinski definition) is 1. The minimum atomic E-state index is -0.355. The van der Waals surface area contributed by atoms with Gasteiger partial charge in [0.2, 0.25) is 0 Å². The second-order valence-corrected chi connectivity index (χ2v) is 6.15. The average molecular weight is 348 g/mol. The molecule has 3 nitrogen and oxygen atoms in total. The second kappa shape index (κ2) is 5.15. The molecule has 0 saturated carbocycles. The standard InChI is InChI=1S/C16H15BrFN3/c1-9(2)21-14-7-6-10(17)8-13(14)20-16(21)15-11(18)4-3-5-12(15)19/h3-9H,19H2,1-2H3. The number of hydrogen-bond acceptors (Lipinski definition) is 2. The van der Waals surface area contributed by atoms with Crippen LogP contribution < -0.4 is 5.73 Å². The van der Waals surface area contributed by atoms with Gasteiger partial charge in [-0.05, 0) is 44.2 Å². The Balaban J connectivity index is 2.39. The maximum absolute atomic E-state index is 14.2. The summed E-state index contributed by atoms with van der Waals surface area (Å²) in [5, 5.41) is 0. The molecule has 0 aliphatic carbocycles. The first kappa shape index (κ1) is 14.1. The molecule has 2 N–H and O–H groups in total. The van der Waals surface area contributed by atoms with Gasteiger partial charge in [-0.1, -0.05) is 22.0 Å². The van der Waals surface area contributed by atoms with E-state index in [0.717, 1.165) is 15.5 Å². The summed E-state index contributed by atoms with van der Waals surface area (Å²) in [6, 6.07) is 10.7. The molecule has 5 heteroatoms. The largest absolute Gasteiger partial charge is 0.398 e. The lowest BCUT2D eigenvalue weighted by Gasteiger charge is -2.14. The topological polar surface area (TPSA) is 43.8 Å². The maximum atomic E-state index is 14.2. The molecule has 1 aromatic heterocycles. The molecular formula is C16H15BrFN3. The Morgan fingerprint density at radius 1 is 1.24 bits per heavy atom. The Morgan fingerprint density at radius 2 is 2.00 bits per heavy atom. The van der Waals surface area contributed by atoms with Crippen molar-refractivity contribution in [3.63, 3.8) is 0 Å². The van der Waals surface area contributed by atoms with Crippen molar-refractivity contribution in [3.8, 4) is 11.4 Å². The fourth-order valence-electron chi connectivity index (χ4n) is 2.55. The number of halogens is 2. The predicted octanol–water partition coefficient (Wildman–Crippen LogP) is 4.77. The van der Waals surface area contributed by atoms with E-state index in [-0.39, 0.29) is 11.9 Å². The van der Waals surface area contributed by atoms with Gasteiger partial charge in [-0.2, -0.15) is 0 Å². The Bertz CT molecular complexity index is 803. The second-order valence-electron chi connectivity index (χ2n) is 5.24. The van der Waals surface area contributed by atoms with Gasteiger partial charge < -0.3 is 10.3 Å². The zero-order valence-electron chi connectivity index (χ0n) is 11.8. The van der Waals surface area contributed by atoms with Crippen LogP contribution in [0.1, 0.15) is 19.9 Å². The zero-order valence-corrected chi connectivity index (χ0v) is 13.4. The van der Waals surface area contributed by atoms with Crippen LogP contribution in [0.2, 0.25) is 0 Å². The number of anilines is 1. The average Bonchev–Trinajstić information content (AvgIpc) is 2.76. The Hall–Kier alpha value is -1.88. The fraction of sp³-hybridized carbons (Fsp3) is 0.188. The van der Waals surface area contributed by atoms with Crippen LogP contribution in [-0.4, -0.2) is 9.55 Å². The van der Waals surface area contributed by atoms with Gasteiger partial charge in [0, 0.05) is 16.2 Å². The molecule has 0 amide bonds. The lowest BCUT2D eigenvalue weighted by atomic mass is 10.1. The van der Waals surface area contributed by atoms with Crippen LogP contribution in [-0.2, 0) is 0 Å². The third-order valence-corrected chi connectivity index (χ3v) is 3.93. The summed E-state index contributed by atoms with van der Waals surface area (Å²) in [7, 11) is 0. The monoisotopic (exact) mass is 347 g/mol. The third-order valence-electron chi connectivity index (χ3n) is 3.44. The molecule has 0 bridgehead atoms. The molecule has 108 valence electrons. The number of nitrogens with zero attached hydrogens (tertiary/aromatic N) is 2. The van der Waals surface area contributed by atoms with Gasteiger partial charge in [-0.3, -0.25) is 0 Å². The molecule has 0 aliphatic heterocycles. The van der Waals surface area contributed by atoms with Crippen molar-refractivity contribution in [3.05, 3.63) is 46.7 Å². The summed E-state index contributed by atoms with van der Waals surface area (Å²) < 4.78 is 17.2. The highest BCUT2D eigenvalue weighted by atomic mass is 79.9. The number of fused-ring (bicyclic) bond motifs is 1. The summed E-state index contributed by atoms with van der Waals surface area (Å²) in [6.45, 7) is 4.09. The van der Waals surface area contributed by atoms with Crippen LogP contribution in [0.3, 0.4) is 0 Å². The molecule has 3 aromatic rings. The van der Waals surface area contributed by atoms with E-state index in [1.807, 2.05) is 36.6 Å². The highest BCUT2D eigenvalue weighted by Gasteiger charge is 2.19. The van der Waals surface area contributed by atoms with Crippen LogP contribution in [0, 0.1) is 5.82 Å². The molecular weight excluding hydrogens is 333 g/mol. The van der Waals surface area contributed by atoms with Crippen LogP contribution in [0.4, 0.5) is 10.1 Å². The van der Waals surface area contributed by atoms with Gasteiger partial charge in [-0.25, -0.2) is 9.37 Å². The number of rotatable bonds is 2. The SMILES string of the molecule is CC(C)n1c(-c2c(N)cccc2F)nc2cc(Br)ccc21. The quantitative estimate of drug-likeness (QED) is 0.678. The van der Waals surface area contributed by atoms with E-state index >= 15 is 0 Å². The zero-order chi connectivity index (χ0) is 15.1. The van der Waals surface area contributed by atoms with E-state index < -0.39 is 0 Å². The van der Waals surface area contributed by atoms with E-state index in [1.54, 1.807) is 12.1 Å². The van der Waals surface area contributed by atoms with Gasteiger partial charge >= 0.3 is 0 Å². The maximum Gasteiger partial charge on any atom is 0.146 e. The van der Waals surface area contributed by atoms with E-state index in [9.17, 15) is 4.39 Å². The molecule has 0 spiro atoms. The van der Waals surface area contributed by atoms with Crippen molar-refractivity contribution in [2.45, 2.75) is 19.9 Å². The van der Waals surface area contributed by atoms with Crippen molar-refractivity contribution >= 4 is 32.7 Å². The molecule has 1 heterocycles. The molecule has 0 saturated heterocycles.